The van der Waals surface area contributed by atoms with Crippen LogP contribution in [0.25, 0.3) is 0 Å². The minimum absolute atomic E-state index is 0.0894. The van der Waals surface area contributed by atoms with Crippen molar-refractivity contribution < 1.29 is 19.4 Å². The van der Waals surface area contributed by atoms with E-state index < -0.39 is 17.9 Å². The molecule has 17 heavy (non-hydrogen) atoms. The number of carboxylic acid groups (broad SMARTS) is 1. The van der Waals surface area contributed by atoms with Crippen LogP contribution in [-0.4, -0.2) is 33.9 Å². The van der Waals surface area contributed by atoms with E-state index in [1.54, 1.807) is 7.05 Å². The van der Waals surface area contributed by atoms with Gasteiger partial charge >= 0.3 is 11.9 Å². The molecule has 0 aliphatic heterocycles. The fourth-order valence-corrected chi connectivity index (χ4v) is 1.73. The van der Waals surface area contributed by atoms with Gasteiger partial charge in [0, 0.05) is 7.05 Å². The molecule has 1 N–H and O–H groups in total. The summed E-state index contributed by atoms with van der Waals surface area (Å²) in [5.74, 6) is -2.28. The van der Waals surface area contributed by atoms with Crippen LogP contribution in [0.5, 0.6) is 0 Å². The van der Waals surface area contributed by atoms with E-state index >= 15 is 0 Å². The number of carboxylic acids is 1. The van der Waals surface area contributed by atoms with Crippen molar-refractivity contribution in [1.29, 1.82) is 0 Å². The summed E-state index contributed by atoms with van der Waals surface area (Å²) in [5, 5.41) is 13.1. The van der Waals surface area contributed by atoms with Crippen molar-refractivity contribution in [2.24, 2.45) is 13.0 Å². The fourth-order valence-electron chi connectivity index (χ4n) is 1.73. The summed E-state index contributed by atoms with van der Waals surface area (Å²) in [4.78, 5) is 22.5. The Kier molecular flexibility index (Phi) is 3.88. The van der Waals surface area contributed by atoms with E-state index in [1.165, 1.54) is 17.9 Å². The molecule has 1 aromatic heterocycles. The topological polar surface area (TPSA) is 81.4 Å². The van der Waals surface area contributed by atoms with Gasteiger partial charge in [0.05, 0.1) is 12.8 Å². The van der Waals surface area contributed by atoms with Crippen molar-refractivity contribution >= 4 is 11.9 Å². The van der Waals surface area contributed by atoms with Crippen molar-refractivity contribution in [3.05, 3.63) is 17.5 Å². The molecule has 0 saturated carbocycles. The predicted octanol–water partition coefficient (Wildman–Crippen LogP) is 1.03. The molecule has 0 aromatic carbocycles. The molecule has 0 spiro atoms. The fraction of sp³-hybridized carbons (Fsp3) is 0.545. The smallest absolute Gasteiger partial charge is 0.358 e. The van der Waals surface area contributed by atoms with E-state index in [4.69, 9.17) is 5.11 Å². The maximum absolute atomic E-state index is 11.3. The molecule has 0 aliphatic carbocycles. The molecule has 94 valence electrons. The number of ether oxygens (including phenoxy) is 1. The third kappa shape index (κ3) is 2.64. The first kappa shape index (κ1) is 13.2. The van der Waals surface area contributed by atoms with Gasteiger partial charge in [-0.1, -0.05) is 13.8 Å². The number of aromatic nitrogens is 2. The number of carbonyl (C=O) groups is 2. The van der Waals surface area contributed by atoms with E-state index in [9.17, 15) is 9.59 Å². The Bertz CT molecular complexity index is 437. The third-order valence-electron chi connectivity index (χ3n) is 2.56. The number of aliphatic carboxylic acids is 1. The second kappa shape index (κ2) is 4.99. The van der Waals surface area contributed by atoms with Gasteiger partial charge in [-0.25, -0.2) is 4.79 Å². The molecule has 1 rings (SSSR count). The highest BCUT2D eigenvalue weighted by atomic mass is 16.5. The molecule has 1 aromatic rings. The highest BCUT2D eigenvalue weighted by Gasteiger charge is 2.28. The van der Waals surface area contributed by atoms with Crippen molar-refractivity contribution in [3.63, 3.8) is 0 Å². The molecule has 0 bridgehead atoms. The lowest BCUT2D eigenvalue weighted by atomic mass is 9.92. The number of esters is 1. The van der Waals surface area contributed by atoms with E-state index in [2.05, 4.69) is 9.84 Å². The van der Waals surface area contributed by atoms with Gasteiger partial charge in [0.1, 0.15) is 5.92 Å². The SMILES string of the molecule is COC(=O)c1cc(C(C(=O)O)C(C)C)n(C)n1. The molecule has 6 nitrogen and oxygen atoms in total. The Morgan fingerprint density at radius 1 is 1.47 bits per heavy atom. The van der Waals surface area contributed by atoms with Crippen molar-refractivity contribution in [3.8, 4) is 0 Å². The van der Waals surface area contributed by atoms with Gasteiger partial charge in [0.2, 0.25) is 0 Å². The largest absolute Gasteiger partial charge is 0.481 e. The number of rotatable bonds is 4. The Balaban J connectivity index is 3.17. The second-order valence-corrected chi connectivity index (χ2v) is 4.13. The van der Waals surface area contributed by atoms with Crippen LogP contribution in [0.1, 0.15) is 35.9 Å². The molecule has 0 amide bonds. The quantitative estimate of drug-likeness (QED) is 0.795. The normalized spacial score (nSPS) is 12.5. The molecule has 0 saturated heterocycles. The van der Waals surface area contributed by atoms with Gasteiger partial charge in [-0.3, -0.25) is 9.48 Å². The van der Waals surface area contributed by atoms with E-state index in [0.717, 1.165) is 0 Å². The Morgan fingerprint density at radius 3 is 2.47 bits per heavy atom. The van der Waals surface area contributed by atoms with Gasteiger partial charge in [-0.2, -0.15) is 5.10 Å². The summed E-state index contributed by atoms with van der Waals surface area (Å²) >= 11 is 0. The molecular formula is C11H16N2O4. The van der Waals surface area contributed by atoms with Crippen LogP contribution < -0.4 is 0 Å². The lowest BCUT2D eigenvalue weighted by Crippen LogP contribution is -2.20. The summed E-state index contributed by atoms with van der Waals surface area (Å²) in [6, 6.07) is 1.46. The highest BCUT2D eigenvalue weighted by Crippen LogP contribution is 2.25. The first-order valence-corrected chi connectivity index (χ1v) is 5.23. The highest BCUT2D eigenvalue weighted by molar-refractivity contribution is 5.87. The number of methoxy groups -OCH3 is 1. The van der Waals surface area contributed by atoms with Crippen LogP contribution >= 0.6 is 0 Å². The summed E-state index contributed by atoms with van der Waals surface area (Å²) < 4.78 is 5.95. The summed E-state index contributed by atoms with van der Waals surface area (Å²) in [5.41, 5.74) is 0.616. The van der Waals surface area contributed by atoms with Crippen LogP contribution in [0.2, 0.25) is 0 Å². The van der Waals surface area contributed by atoms with Crippen molar-refractivity contribution in [2.75, 3.05) is 7.11 Å². The van der Waals surface area contributed by atoms with Gasteiger partial charge in [-0.05, 0) is 12.0 Å². The average molecular weight is 240 g/mol. The van der Waals surface area contributed by atoms with Gasteiger partial charge in [0.25, 0.3) is 0 Å². The molecule has 0 aliphatic rings. The minimum atomic E-state index is -0.931. The maximum Gasteiger partial charge on any atom is 0.358 e. The van der Waals surface area contributed by atoms with Crippen LogP contribution in [-0.2, 0) is 16.6 Å². The molecular weight excluding hydrogens is 224 g/mol. The van der Waals surface area contributed by atoms with E-state index in [0.29, 0.717) is 5.69 Å². The standard InChI is InChI=1S/C11H16N2O4/c1-6(2)9(10(14)15)8-5-7(11(16)17-4)12-13(8)3/h5-6,9H,1-4H3,(H,14,15). The monoisotopic (exact) mass is 240 g/mol. The number of nitrogens with zero attached hydrogens (tertiary/aromatic N) is 2. The second-order valence-electron chi connectivity index (χ2n) is 4.13. The molecule has 1 unspecified atom stereocenters. The van der Waals surface area contributed by atoms with Gasteiger partial charge in [0.15, 0.2) is 5.69 Å². The summed E-state index contributed by atoms with van der Waals surface area (Å²) in [7, 11) is 2.87. The number of carbonyl (C=O) groups excluding carboxylic acids is 1. The van der Waals surface area contributed by atoms with Gasteiger partial charge < -0.3 is 9.84 Å². The molecule has 0 radical (unpaired) electrons. The summed E-state index contributed by atoms with van der Waals surface area (Å²) in [6.45, 7) is 3.62. The number of aryl methyl sites for hydroxylation is 1. The lowest BCUT2D eigenvalue weighted by Gasteiger charge is -2.15. The maximum atomic E-state index is 11.3. The molecule has 1 heterocycles. The lowest BCUT2D eigenvalue weighted by molar-refractivity contribution is -0.140. The predicted molar refractivity (Wildman–Crippen MR) is 59.8 cm³/mol. The first-order chi connectivity index (χ1) is 7.88. The number of hydrogen-bond acceptors (Lipinski definition) is 4. The van der Waals surface area contributed by atoms with Crippen molar-refractivity contribution in [1.82, 2.24) is 9.78 Å². The van der Waals surface area contributed by atoms with E-state index in [1.807, 2.05) is 13.8 Å². The zero-order valence-electron chi connectivity index (χ0n) is 10.3. The third-order valence-corrected chi connectivity index (χ3v) is 2.56. The van der Waals surface area contributed by atoms with Crippen LogP contribution in [0, 0.1) is 5.92 Å². The van der Waals surface area contributed by atoms with E-state index in [-0.39, 0.29) is 11.6 Å². The van der Waals surface area contributed by atoms with Gasteiger partial charge in [-0.15, -0.1) is 0 Å². The Morgan fingerprint density at radius 2 is 2.06 bits per heavy atom. The Hall–Kier alpha value is -1.85. The van der Waals surface area contributed by atoms with Crippen LogP contribution in [0.4, 0.5) is 0 Å². The average Bonchev–Trinajstić information content (AvgIpc) is 2.59. The molecule has 6 heteroatoms. The minimum Gasteiger partial charge on any atom is -0.481 e. The summed E-state index contributed by atoms with van der Waals surface area (Å²) in [6.07, 6.45) is 0. The first-order valence-electron chi connectivity index (χ1n) is 5.23. The zero-order chi connectivity index (χ0) is 13.2. The Labute approximate surface area is 99.2 Å². The van der Waals surface area contributed by atoms with Crippen LogP contribution in [0.3, 0.4) is 0 Å². The molecule has 1 atom stereocenters. The molecule has 0 fully saturated rings. The van der Waals surface area contributed by atoms with Crippen LogP contribution in [0.15, 0.2) is 6.07 Å². The number of hydrogen-bond donors (Lipinski definition) is 1. The zero-order valence-corrected chi connectivity index (χ0v) is 10.3. The van der Waals surface area contributed by atoms with Crippen molar-refractivity contribution in [2.45, 2.75) is 19.8 Å².